The van der Waals surface area contributed by atoms with E-state index in [2.05, 4.69) is 39.0 Å². The minimum absolute atomic E-state index is 0.0856. The summed E-state index contributed by atoms with van der Waals surface area (Å²) in [4.78, 5) is 2.27. The van der Waals surface area contributed by atoms with Gasteiger partial charge in [-0.1, -0.05) is 28.1 Å². The van der Waals surface area contributed by atoms with Crippen molar-refractivity contribution >= 4 is 15.9 Å². The first-order chi connectivity index (χ1) is 6.74. The molecule has 3 heteroatoms. The van der Waals surface area contributed by atoms with Crippen molar-refractivity contribution < 1.29 is 5.11 Å². The van der Waals surface area contributed by atoms with Crippen molar-refractivity contribution in [3.63, 3.8) is 0 Å². The number of hydrogen-bond donors (Lipinski definition) is 1. The summed E-state index contributed by atoms with van der Waals surface area (Å²) in [6, 6.07) is 8.39. The summed E-state index contributed by atoms with van der Waals surface area (Å²) < 4.78 is 1.14. The van der Waals surface area contributed by atoms with Crippen LogP contribution in [0.15, 0.2) is 28.7 Å². The molecule has 1 aliphatic heterocycles. The second-order valence-corrected chi connectivity index (χ2v) is 4.71. The van der Waals surface area contributed by atoms with Crippen LogP contribution in [0.3, 0.4) is 0 Å². The first-order valence-electron chi connectivity index (χ1n) is 4.89. The summed E-state index contributed by atoms with van der Waals surface area (Å²) in [5, 5.41) is 9.11. The molecule has 14 heavy (non-hydrogen) atoms. The lowest BCUT2D eigenvalue weighted by Crippen LogP contribution is -2.51. The molecule has 1 aromatic rings. The molecule has 1 heterocycles. The molecule has 0 amide bonds. The smallest absolute Gasteiger partial charge is 0.0793 e. The van der Waals surface area contributed by atoms with Crippen molar-refractivity contribution in [3.05, 3.63) is 34.3 Å². The topological polar surface area (TPSA) is 23.5 Å². The summed E-state index contributed by atoms with van der Waals surface area (Å²) in [7, 11) is 0. The van der Waals surface area contributed by atoms with E-state index in [1.807, 2.05) is 6.07 Å². The maximum absolute atomic E-state index is 9.11. The zero-order chi connectivity index (χ0) is 9.97. The lowest BCUT2D eigenvalue weighted by Gasteiger charge is -2.35. The van der Waals surface area contributed by atoms with Crippen LogP contribution >= 0.6 is 15.9 Å². The number of β-amino-alcohol motifs (C(OH)–C–C–N with tert-alkyl or cyclic N) is 1. The molecule has 1 aromatic carbocycles. The molecular formula is C11H14BrNO. The summed E-state index contributed by atoms with van der Waals surface area (Å²) in [5.74, 6) is 0. The van der Waals surface area contributed by atoms with Gasteiger partial charge in [0.15, 0.2) is 0 Å². The summed E-state index contributed by atoms with van der Waals surface area (Å²) in [6.07, 6.45) is 0.976. The Hall–Kier alpha value is -0.380. The molecule has 0 unspecified atom stereocenters. The molecule has 1 fully saturated rings. The molecule has 0 radical (unpaired) electrons. The van der Waals surface area contributed by atoms with E-state index in [1.165, 1.54) is 5.56 Å². The zero-order valence-corrected chi connectivity index (χ0v) is 9.57. The van der Waals surface area contributed by atoms with Gasteiger partial charge in [0.2, 0.25) is 0 Å². The highest BCUT2D eigenvalue weighted by Crippen LogP contribution is 2.14. The number of rotatable bonds is 3. The third-order valence-corrected chi connectivity index (χ3v) is 3.04. The third kappa shape index (κ3) is 2.56. The van der Waals surface area contributed by atoms with Gasteiger partial charge in [0.25, 0.3) is 0 Å². The number of hydrogen-bond acceptors (Lipinski definition) is 2. The van der Waals surface area contributed by atoms with E-state index >= 15 is 0 Å². The van der Waals surface area contributed by atoms with E-state index < -0.39 is 0 Å². The molecule has 2 rings (SSSR count). The summed E-state index contributed by atoms with van der Waals surface area (Å²) in [6.45, 7) is 2.73. The number of nitrogens with zero attached hydrogens (tertiary/aromatic N) is 1. The van der Waals surface area contributed by atoms with E-state index in [9.17, 15) is 0 Å². The third-order valence-electron chi connectivity index (χ3n) is 2.54. The van der Waals surface area contributed by atoms with Crippen molar-refractivity contribution in [2.75, 3.05) is 19.6 Å². The van der Waals surface area contributed by atoms with Crippen LogP contribution in [-0.2, 0) is 6.42 Å². The van der Waals surface area contributed by atoms with Crippen LogP contribution < -0.4 is 0 Å². The molecule has 1 saturated heterocycles. The molecule has 0 aromatic heterocycles. The summed E-state index contributed by atoms with van der Waals surface area (Å²) >= 11 is 3.46. The van der Waals surface area contributed by atoms with E-state index in [4.69, 9.17) is 5.11 Å². The van der Waals surface area contributed by atoms with Gasteiger partial charge in [0.1, 0.15) is 0 Å². The quantitative estimate of drug-likeness (QED) is 0.889. The average Bonchev–Trinajstić information content (AvgIpc) is 2.11. The Labute approximate surface area is 92.7 Å². The monoisotopic (exact) mass is 255 g/mol. The van der Waals surface area contributed by atoms with E-state index in [0.717, 1.165) is 30.5 Å². The molecule has 0 aliphatic carbocycles. The van der Waals surface area contributed by atoms with Crippen LogP contribution in [0.5, 0.6) is 0 Å². The Morgan fingerprint density at radius 3 is 2.86 bits per heavy atom. The van der Waals surface area contributed by atoms with Gasteiger partial charge >= 0.3 is 0 Å². The fraction of sp³-hybridized carbons (Fsp3) is 0.455. The van der Waals surface area contributed by atoms with Gasteiger partial charge in [-0.15, -0.1) is 0 Å². The van der Waals surface area contributed by atoms with Crippen LogP contribution in [0.25, 0.3) is 0 Å². The van der Waals surface area contributed by atoms with Crippen LogP contribution in [0.4, 0.5) is 0 Å². The molecular weight excluding hydrogens is 242 g/mol. The van der Waals surface area contributed by atoms with Crippen LogP contribution in [0.1, 0.15) is 5.56 Å². The molecule has 1 N–H and O–H groups in total. The number of likely N-dealkylation sites (tertiary alicyclic amines) is 1. The van der Waals surface area contributed by atoms with Gasteiger partial charge in [-0.25, -0.2) is 0 Å². The highest BCUT2D eigenvalue weighted by molar-refractivity contribution is 9.10. The molecule has 0 bridgehead atoms. The SMILES string of the molecule is OC1CN(CCc2cccc(Br)c2)C1. The van der Waals surface area contributed by atoms with E-state index in [1.54, 1.807) is 0 Å². The van der Waals surface area contributed by atoms with Gasteiger partial charge in [-0.2, -0.15) is 0 Å². The number of aliphatic hydroxyl groups is 1. The molecule has 0 atom stereocenters. The standard InChI is InChI=1S/C11H14BrNO/c12-10-3-1-2-9(6-10)4-5-13-7-11(14)8-13/h1-3,6,11,14H,4-5,7-8H2. The fourth-order valence-corrected chi connectivity index (χ4v) is 2.15. The van der Waals surface area contributed by atoms with E-state index in [0.29, 0.717) is 0 Å². The maximum Gasteiger partial charge on any atom is 0.0793 e. The second kappa shape index (κ2) is 4.43. The van der Waals surface area contributed by atoms with Gasteiger partial charge in [-0.05, 0) is 24.1 Å². The number of aliphatic hydroxyl groups excluding tert-OH is 1. The minimum Gasteiger partial charge on any atom is -0.390 e. The second-order valence-electron chi connectivity index (χ2n) is 3.79. The lowest BCUT2D eigenvalue weighted by molar-refractivity contribution is 0.00310. The molecule has 0 spiro atoms. The van der Waals surface area contributed by atoms with Crippen LogP contribution in [0, 0.1) is 0 Å². The van der Waals surface area contributed by atoms with Crippen molar-refractivity contribution in [3.8, 4) is 0 Å². The molecule has 0 saturated carbocycles. The first-order valence-corrected chi connectivity index (χ1v) is 5.68. The predicted molar refractivity (Wildman–Crippen MR) is 60.3 cm³/mol. The first kappa shape index (κ1) is 10.1. The average molecular weight is 256 g/mol. The van der Waals surface area contributed by atoms with Gasteiger partial charge in [-0.3, -0.25) is 4.90 Å². The molecule has 1 aliphatic rings. The van der Waals surface area contributed by atoms with Crippen molar-refractivity contribution in [2.45, 2.75) is 12.5 Å². The molecule has 76 valence electrons. The van der Waals surface area contributed by atoms with Crippen molar-refractivity contribution in [1.82, 2.24) is 4.90 Å². The Bertz CT molecular complexity index is 310. The van der Waals surface area contributed by atoms with Gasteiger partial charge in [0, 0.05) is 24.1 Å². The van der Waals surface area contributed by atoms with Crippen LogP contribution in [0.2, 0.25) is 0 Å². The Morgan fingerprint density at radius 2 is 2.21 bits per heavy atom. The van der Waals surface area contributed by atoms with Crippen molar-refractivity contribution in [2.24, 2.45) is 0 Å². The van der Waals surface area contributed by atoms with Crippen molar-refractivity contribution in [1.29, 1.82) is 0 Å². The highest BCUT2D eigenvalue weighted by atomic mass is 79.9. The Morgan fingerprint density at radius 1 is 1.43 bits per heavy atom. The van der Waals surface area contributed by atoms with Gasteiger partial charge < -0.3 is 5.11 Å². The largest absolute Gasteiger partial charge is 0.390 e. The minimum atomic E-state index is -0.0856. The van der Waals surface area contributed by atoms with E-state index in [-0.39, 0.29) is 6.10 Å². The van der Waals surface area contributed by atoms with Crippen LogP contribution in [-0.4, -0.2) is 35.7 Å². The number of benzene rings is 1. The summed E-state index contributed by atoms with van der Waals surface area (Å²) in [5.41, 5.74) is 1.35. The fourth-order valence-electron chi connectivity index (χ4n) is 1.70. The van der Waals surface area contributed by atoms with Gasteiger partial charge in [0.05, 0.1) is 6.10 Å². The maximum atomic E-state index is 9.11. The number of halogens is 1. The normalized spacial score (nSPS) is 18.1. The lowest BCUT2D eigenvalue weighted by atomic mass is 10.1. The molecule has 2 nitrogen and oxygen atoms in total. The zero-order valence-electron chi connectivity index (χ0n) is 7.99. The predicted octanol–water partition coefficient (Wildman–Crippen LogP) is 1.67. The Balaban J connectivity index is 1.80. The highest BCUT2D eigenvalue weighted by Gasteiger charge is 2.23. The Kier molecular flexibility index (Phi) is 3.21.